The fourth-order valence-corrected chi connectivity index (χ4v) is 3.94. The molecular weight excluding hydrogens is 460 g/mol. The second kappa shape index (κ2) is 11.4. The molecule has 1 aliphatic rings. The van der Waals surface area contributed by atoms with Crippen LogP contribution < -0.4 is 14.8 Å². The highest BCUT2D eigenvalue weighted by atomic mass is 32.2. The minimum atomic E-state index is -1.12. The van der Waals surface area contributed by atoms with Crippen LogP contribution in [-0.2, 0) is 20.8 Å². The number of hydrogen-bond acceptors (Lipinski definition) is 7. The Bertz CT molecular complexity index is 1130. The molecule has 2 N–H and O–H groups in total. The van der Waals surface area contributed by atoms with Crippen LogP contribution in [0, 0.1) is 0 Å². The Hall–Kier alpha value is -3.79. The first-order valence-corrected chi connectivity index (χ1v) is 11.4. The quantitative estimate of drug-likeness (QED) is 0.489. The standard InChI is InChI=1S/C24H24N2O7S/c1-3-15-5-8-17(9-6-15)25-21(27)13-26-23(30)20(34-24(26)31)12-16-7-10-18(33-14-22(28)29)19(11-16)32-4-2/h5-12H,3-4,13-14H2,1-2H3,(H,25,27)(H,28,29)/b20-12+. The number of amides is 3. The molecule has 3 rings (SSSR count). The molecule has 34 heavy (non-hydrogen) atoms. The van der Waals surface area contributed by atoms with Gasteiger partial charge in [-0.15, -0.1) is 0 Å². The summed E-state index contributed by atoms with van der Waals surface area (Å²) < 4.78 is 10.7. The number of benzene rings is 2. The van der Waals surface area contributed by atoms with Crippen LogP contribution in [0.3, 0.4) is 0 Å². The molecule has 0 saturated carbocycles. The molecule has 0 aliphatic carbocycles. The number of carbonyl (C=O) groups is 4. The second-order valence-electron chi connectivity index (χ2n) is 7.19. The van der Waals surface area contributed by atoms with Gasteiger partial charge in [-0.1, -0.05) is 25.1 Å². The highest BCUT2D eigenvalue weighted by molar-refractivity contribution is 8.18. The number of nitrogens with one attached hydrogen (secondary N) is 1. The van der Waals surface area contributed by atoms with Crippen molar-refractivity contribution < 1.29 is 33.8 Å². The van der Waals surface area contributed by atoms with Crippen molar-refractivity contribution in [1.82, 2.24) is 4.90 Å². The molecule has 0 aromatic heterocycles. The van der Waals surface area contributed by atoms with Crippen LogP contribution in [0.15, 0.2) is 47.4 Å². The lowest BCUT2D eigenvalue weighted by atomic mass is 10.1. The van der Waals surface area contributed by atoms with E-state index in [0.29, 0.717) is 23.6 Å². The summed E-state index contributed by atoms with van der Waals surface area (Å²) in [6.07, 6.45) is 2.39. The zero-order valence-electron chi connectivity index (χ0n) is 18.7. The van der Waals surface area contributed by atoms with Gasteiger partial charge in [0.1, 0.15) is 6.54 Å². The van der Waals surface area contributed by atoms with Crippen molar-refractivity contribution >= 4 is 46.5 Å². The summed E-state index contributed by atoms with van der Waals surface area (Å²) in [6.45, 7) is 3.19. The van der Waals surface area contributed by atoms with E-state index < -0.39 is 36.2 Å². The van der Waals surface area contributed by atoms with Crippen molar-refractivity contribution in [3.05, 3.63) is 58.5 Å². The number of ether oxygens (including phenoxy) is 2. The van der Waals surface area contributed by atoms with Crippen molar-refractivity contribution in [2.45, 2.75) is 20.3 Å². The molecule has 0 spiro atoms. The Morgan fingerprint density at radius 3 is 2.44 bits per heavy atom. The number of imide groups is 1. The number of carboxylic acid groups (broad SMARTS) is 1. The molecule has 0 bridgehead atoms. The van der Waals surface area contributed by atoms with E-state index in [2.05, 4.69) is 5.32 Å². The van der Waals surface area contributed by atoms with E-state index in [1.54, 1.807) is 31.2 Å². The zero-order valence-corrected chi connectivity index (χ0v) is 19.5. The van der Waals surface area contributed by atoms with Crippen molar-refractivity contribution in [2.75, 3.05) is 25.1 Å². The van der Waals surface area contributed by atoms with E-state index in [-0.39, 0.29) is 10.7 Å². The fourth-order valence-electron chi connectivity index (χ4n) is 3.10. The van der Waals surface area contributed by atoms with Gasteiger partial charge in [0.2, 0.25) is 5.91 Å². The molecule has 2 aromatic rings. The molecule has 0 unspecified atom stereocenters. The highest BCUT2D eigenvalue weighted by Gasteiger charge is 2.36. The van der Waals surface area contributed by atoms with Crippen molar-refractivity contribution in [3.8, 4) is 11.5 Å². The summed E-state index contributed by atoms with van der Waals surface area (Å²) in [7, 11) is 0. The Morgan fingerprint density at radius 1 is 1.06 bits per heavy atom. The van der Waals surface area contributed by atoms with Gasteiger partial charge >= 0.3 is 5.97 Å². The van der Waals surface area contributed by atoms with Crippen LogP contribution in [0.25, 0.3) is 6.08 Å². The van der Waals surface area contributed by atoms with Crippen LogP contribution in [0.5, 0.6) is 11.5 Å². The van der Waals surface area contributed by atoms with E-state index in [1.165, 1.54) is 12.1 Å². The van der Waals surface area contributed by atoms with Crippen LogP contribution >= 0.6 is 11.8 Å². The normalized spacial score (nSPS) is 14.4. The predicted octanol–water partition coefficient (Wildman–Crippen LogP) is 3.79. The summed E-state index contributed by atoms with van der Waals surface area (Å²) in [4.78, 5) is 49.3. The number of anilines is 1. The van der Waals surface area contributed by atoms with Gasteiger partial charge in [-0.3, -0.25) is 19.3 Å². The molecule has 178 valence electrons. The topological polar surface area (TPSA) is 122 Å². The number of nitrogens with zero attached hydrogens (tertiary/aromatic N) is 1. The van der Waals surface area contributed by atoms with Crippen LogP contribution in [0.1, 0.15) is 25.0 Å². The molecule has 1 heterocycles. The average molecular weight is 485 g/mol. The number of thioether (sulfide) groups is 1. The lowest BCUT2D eigenvalue weighted by Gasteiger charge is -2.13. The maximum Gasteiger partial charge on any atom is 0.341 e. The molecule has 1 saturated heterocycles. The summed E-state index contributed by atoms with van der Waals surface area (Å²) in [5, 5.41) is 10.9. The summed E-state index contributed by atoms with van der Waals surface area (Å²) in [5.41, 5.74) is 2.26. The van der Waals surface area contributed by atoms with E-state index in [4.69, 9.17) is 14.6 Å². The van der Waals surface area contributed by atoms with Gasteiger partial charge in [0.15, 0.2) is 18.1 Å². The minimum absolute atomic E-state index is 0.159. The number of aliphatic carboxylic acids is 1. The van der Waals surface area contributed by atoms with E-state index in [1.807, 2.05) is 19.1 Å². The van der Waals surface area contributed by atoms with Crippen molar-refractivity contribution in [3.63, 3.8) is 0 Å². The zero-order chi connectivity index (χ0) is 24.7. The Morgan fingerprint density at radius 2 is 1.79 bits per heavy atom. The third-order valence-electron chi connectivity index (χ3n) is 4.74. The van der Waals surface area contributed by atoms with Crippen LogP contribution in [-0.4, -0.2) is 52.8 Å². The predicted molar refractivity (Wildman–Crippen MR) is 128 cm³/mol. The lowest BCUT2D eigenvalue weighted by Crippen LogP contribution is -2.36. The molecule has 1 fully saturated rings. The third kappa shape index (κ3) is 6.38. The average Bonchev–Trinajstić information content (AvgIpc) is 3.06. The number of aryl methyl sites for hydroxylation is 1. The maximum absolute atomic E-state index is 12.8. The minimum Gasteiger partial charge on any atom is -0.490 e. The summed E-state index contributed by atoms with van der Waals surface area (Å²) >= 11 is 0.736. The molecule has 0 atom stereocenters. The van der Waals surface area contributed by atoms with Crippen molar-refractivity contribution in [2.24, 2.45) is 0 Å². The molecule has 9 nitrogen and oxygen atoms in total. The van der Waals surface area contributed by atoms with Crippen LogP contribution in [0.4, 0.5) is 10.5 Å². The first-order chi connectivity index (χ1) is 16.3. The van der Waals surface area contributed by atoms with E-state index >= 15 is 0 Å². The van der Waals surface area contributed by atoms with Gasteiger partial charge < -0.3 is 19.9 Å². The lowest BCUT2D eigenvalue weighted by molar-refractivity contribution is -0.139. The van der Waals surface area contributed by atoms with Gasteiger partial charge in [-0.25, -0.2) is 4.79 Å². The SMILES string of the molecule is CCOc1cc(/C=C2/SC(=O)N(CC(=O)Nc3ccc(CC)cc3)C2=O)ccc1OCC(=O)O. The van der Waals surface area contributed by atoms with Gasteiger partial charge in [-0.05, 0) is 66.6 Å². The van der Waals surface area contributed by atoms with Crippen LogP contribution in [0.2, 0.25) is 0 Å². The van der Waals surface area contributed by atoms with Gasteiger partial charge in [0, 0.05) is 5.69 Å². The number of carbonyl (C=O) groups excluding carboxylic acids is 3. The van der Waals surface area contributed by atoms with E-state index in [0.717, 1.165) is 28.6 Å². The van der Waals surface area contributed by atoms with Crippen molar-refractivity contribution in [1.29, 1.82) is 0 Å². The molecule has 1 aliphatic heterocycles. The maximum atomic E-state index is 12.8. The monoisotopic (exact) mass is 484 g/mol. The second-order valence-corrected chi connectivity index (χ2v) is 8.18. The number of hydrogen-bond donors (Lipinski definition) is 2. The summed E-state index contributed by atoms with van der Waals surface area (Å²) in [5.74, 6) is -1.62. The number of rotatable bonds is 10. The van der Waals surface area contributed by atoms with Gasteiger partial charge in [0.25, 0.3) is 11.1 Å². The first kappa shape index (κ1) is 24.8. The number of carboxylic acids is 1. The Balaban J connectivity index is 1.70. The Labute approximate surface area is 200 Å². The third-order valence-corrected chi connectivity index (χ3v) is 5.65. The highest BCUT2D eigenvalue weighted by Crippen LogP contribution is 2.34. The molecule has 0 radical (unpaired) electrons. The molecular formula is C24H24N2O7S. The Kier molecular flexibility index (Phi) is 8.31. The molecule has 2 aromatic carbocycles. The van der Waals surface area contributed by atoms with Gasteiger partial charge in [-0.2, -0.15) is 0 Å². The van der Waals surface area contributed by atoms with E-state index in [9.17, 15) is 19.2 Å². The fraction of sp³-hybridized carbons (Fsp3) is 0.250. The smallest absolute Gasteiger partial charge is 0.341 e. The first-order valence-electron chi connectivity index (χ1n) is 10.6. The molecule has 3 amide bonds. The molecule has 10 heteroatoms. The largest absolute Gasteiger partial charge is 0.490 e. The van der Waals surface area contributed by atoms with Gasteiger partial charge in [0.05, 0.1) is 11.5 Å². The summed E-state index contributed by atoms with van der Waals surface area (Å²) in [6, 6.07) is 12.1.